The van der Waals surface area contributed by atoms with Crippen molar-refractivity contribution in [3.8, 4) is 16.9 Å². The first kappa shape index (κ1) is 35.7. The Morgan fingerprint density at radius 2 is 1.83 bits per heavy atom. The highest BCUT2D eigenvalue weighted by Gasteiger charge is 2.48. The molecule has 0 radical (unpaired) electrons. The number of nitrogens with one attached hydrogen (secondary N) is 2. The predicted octanol–water partition coefficient (Wildman–Crippen LogP) is 4.65. The smallest absolute Gasteiger partial charge is 0.275 e. The Labute approximate surface area is 303 Å². The van der Waals surface area contributed by atoms with Gasteiger partial charge in [-0.1, -0.05) is 11.6 Å². The lowest BCUT2D eigenvalue weighted by atomic mass is 9.96. The number of ether oxygens (including phenoxy) is 1. The monoisotopic (exact) mass is 737 g/mol. The largest absolute Gasteiger partial charge is 0.496 e. The number of alkyl halides is 2. The van der Waals surface area contributed by atoms with Crippen LogP contribution < -0.4 is 25.8 Å². The zero-order chi connectivity index (χ0) is 36.7. The lowest BCUT2D eigenvalue weighted by Crippen LogP contribution is -2.61. The van der Waals surface area contributed by atoms with E-state index >= 15 is 13.2 Å². The van der Waals surface area contributed by atoms with E-state index in [0.717, 1.165) is 11.1 Å². The lowest BCUT2D eigenvalue weighted by Gasteiger charge is -2.46. The zero-order valence-electron chi connectivity index (χ0n) is 28.8. The van der Waals surface area contributed by atoms with E-state index in [1.807, 2.05) is 11.0 Å². The number of methoxy groups -OCH3 is 1. The number of benzene rings is 2. The van der Waals surface area contributed by atoms with Crippen LogP contribution in [0.25, 0.3) is 21.9 Å². The molecular weight excluding hydrogens is 699 g/mol. The number of aryl methyl sites for hydroxylation is 1. The van der Waals surface area contributed by atoms with Crippen LogP contribution in [0, 0.1) is 5.82 Å². The third kappa shape index (κ3) is 7.06. The third-order valence-corrected chi connectivity index (χ3v) is 10.7. The molecule has 7 rings (SSSR count). The van der Waals surface area contributed by atoms with Crippen LogP contribution in [0.15, 0.2) is 59.8 Å². The van der Waals surface area contributed by atoms with Gasteiger partial charge < -0.3 is 19.5 Å². The van der Waals surface area contributed by atoms with Gasteiger partial charge >= 0.3 is 0 Å². The molecule has 0 spiro atoms. The second-order valence-corrected chi connectivity index (χ2v) is 14.0. The standard InChI is InChI=1S/C37H39ClF3N7O4/c1-45-19-26(24-7-9-42-18-25(24)36(45)51)22-15-28(38)27(32(16-22)52-2)20-46-10-8-33(37(40,41)21-46)48-13-11-47(12-14-48)31-5-3-23(17-29(31)39)43-30-4-6-34(49)44-35(30)50/h3,5,7,9,15-19,30,33,43H,4,6,8,10-14,20-21H2,1-2H3,(H,44,49,50)/t30-,33-/m1/s1. The summed E-state index contributed by atoms with van der Waals surface area (Å²) in [6.07, 6.45) is 5.66. The number of amides is 2. The molecule has 15 heteroatoms. The summed E-state index contributed by atoms with van der Waals surface area (Å²) < 4.78 is 54.1. The quantitative estimate of drug-likeness (QED) is 0.250. The average molecular weight is 738 g/mol. The summed E-state index contributed by atoms with van der Waals surface area (Å²) in [6, 6.07) is 8.39. The minimum Gasteiger partial charge on any atom is -0.496 e. The van der Waals surface area contributed by atoms with Crippen molar-refractivity contribution in [2.75, 3.05) is 56.6 Å². The fraction of sp³-hybridized carbons (Fsp3) is 0.405. The third-order valence-electron chi connectivity index (χ3n) is 10.3. The number of hydrogen-bond acceptors (Lipinski definition) is 9. The highest BCUT2D eigenvalue weighted by atomic mass is 35.5. The molecule has 4 aromatic rings. The Balaban J connectivity index is 0.985. The van der Waals surface area contributed by atoms with Crippen molar-refractivity contribution in [1.82, 2.24) is 24.7 Å². The van der Waals surface area contributed by atoms with Crippen molar-refractivity contribution < 1.29 is 27.5 Å². The molecular formula is C37H39ClF3N7O4. The summed E-state index contributed by atoms with van der Waals surface area (Å²) in [5.74, 6) is -3.79. The fourth-order valence-electron chi connectivity index (χ4n) is 7.61. The molecule has 52 heavy (non-hydrogen) atoms. The number of piperidine rings is 2. The van der Waals surface area contributed by atoms with Crippen molar-refractivity contribution in [2.45, 2.75) is 43.8 Å². The van der Waals surface area contributed by atoms with Crippen molar-refractivity contribution >= 4 is 45.6 Å². The highest BCUT2D eigenvalue weighted by Crippen LogP contribution is 2.39. The second-order valence-electron chi connectivity index (χ2n) is 13.6. The van der Waals surface area contributed by atoms with Gasteiger partial charge in [0.05, 0.1) is 30.8 Å². The van der Waals surface area contributed by atoms with Crippen LogP contribution in [0.2, 0.25) is 5.02 Å². The zero-order valence-corrected chi connectivity index (χ0v) is 29.6. The molecule has 2 N–H and O–H groups in total. The molecule has 2 aromatic heterocycles. The average Bonchev–Trinajstić information content (AvgIpc) is 3.12. The summed E-state index contributed by atoms with van der Waals surface area (Å²) in [6.45, 7) is 1.62. The minimum absolute atomic E-state index is 0.171. The van der Waals surface area contributed by atoms with Crippen LogP contribution in [-0.4, -0.2) is 95.5 Å². The maximum atomic E-state index is 15.9. The number of imide groups is 1. The van der Waals surface area contributed by atoms with E-state index in [-0.39, 0.29) is 30.9 Å². The number of nitrogens with zero attached hydrogens (tertiary/aromatic N) is 5. The van der Waals surface area contributed by atoms with Gasteiger partial charge in [-0.05, 0) is 60.2 Å². The van der Waals surface area contributed by atoms with Gasteiger partial charge in [-0.25, -0.2) is 13.2 Å². The summed E-state index contributed by atoms with van der Waals surface area (Å²) in [5.41, 5.74) is 2.71. The topological polar surface area (TPSA) is 112 Å². The normalized spacial score (nSPS) is 21.3. The first-order valence-corrected chi connectivity index (χ1v) is 17.6. The predicted molar refractivity (Wildman–Crippen MR) is 193 cm³/mol. The van der Waals surface area contributed by atoms with Gasteiger partial charge in [0.15, 0.2) is 0 Å². The maximum absolute atomic E-state index is 15.9. The molecule has 0 saturated carbocycles. The van der Waals surface area contributed by atoms with Crippen molar-refractivity contribution in [2.24, 2.45) is 7.05 Å². The SMILES string of the molecule is COc1cc(-c2cn(C)c(=O)c3cnccc23)cc(Cl)c1CN1CC[C@@H](N2CCN(c3ccc(N[C@@H]4CCC(=O)NC4=O)cc3F)CC2)C(F)(F)C1. The van der Waals surface area contributed by atoms with Crippen LogP contribution in [0.3, 0.4) is 0 Å². The number of carbonyl (C=O) groups excluding carboxylic acids is 2. The van der Waals surface area contributed by atoms with Crippen LogP contribution >= 0.6 is 11.6 Å². The van der Waals surface area contributed by atoms with Gasteiger partial charge in [0.2, 0.25) is 11.8 Å². The van der Waals surface area contributed by atoms with E-state index in [0.29, 0.717) is 77.6 Å². The molecule has 3 saturated heterocycles. The van der Waals surface area contributed by atoms with Crippen LogP contribution in [0.1, 0.15) is 24.8 Å². The van der Waals surface area contributed by atoms with Gasteiger partial charge in [0.25, 0.3) is 11.5 Å². The molecule has 3 aliphatic rings. The number of hydrogen-bond donors (Lipinski definition) is 2. The second kappa shape index (κ2) is 14.4. The molecule has 0 bridgehead atoms. The number of anilines is 2. The molecule has 3 fully saturated rings. The van der Waals surface area contributed by atoms with E-state index in [1.165, 1.54) is 23.9 Å². The summed E-state index contributed by atoms with van der Waals surface area (Å²) >= 11 is 6.82. The van der Waals surface area contributed by atoms with E-state index in [1.54, 1.807) is 53.5 Å². The molecule has 0 unspecified atom stereocenters. The summed E-state index contributed by atoms with van der Waals surface area (Å²) in [5, 5.41) is 6.82. The maximum Gasteiger partial charge on any atom is 0.275 e. The number of aromatic nitrogens is 2. The molecule has 5 heterocycles. The summed E-state index contributed by atoms with van der Waals surface area (Å²) in [4.78, 5) is 45.6. The Hall–Kier alpha value is -4.66. The lowest BCUT2D eigenvalue weighted by molar-refractivity contribution is -0.133. The number of halogens is 4. The van der Waals surface area contributed by atoms with E-state index in [2.05, 4.69) is 15.6 Å². The van der Waals surface area contributed by atoms with Gasteiger partial charge in [0, 0.05) is 93.2 Å². The van der Waals surface area contributed by atoms with Crippen LogP contribution in [0.5, 0.6) is 5.75 Å². The molecule has 11 nitrogen and oxygen atoms in total. The molecule has 2 amide bonds. The molecule has 3 aliphatic heterocycles. The van der Waals surface area contributed by atoms with Crippen molar-refractivity contribution in [1.29, 1.82) is 0 Å². The molecule has 2 aromatic carbocycles. The number of carbonyl (C=O) groups is 2. The first-order valence-electron chi connectivity index (χ1n) is 17.2. The Kier molecular flexibility index (Phi) is 9.89. The van der Waals surface area contributed by atoms with Gasteiger partial charge in [0.1, 0.15) is 17.6 Å². The highest BCUT2D eigenvalue weighted by molar-refractivity contribution is 6.32. The number of likely N-dealkylation sites (tertiary alicyclic amines) is 1. The van der Waals surface area contributed by atoms with Gasteiger partial charge in [-0.2, -0.15) is 0 Å². The molecule has 274 valence electrons. The van der Waals surface area contributed by atoms with Crippen LogP contribution in [-0.2, 0) is 23.2 Å². The Morgan fingerprint density at radius 3 is 2.54 bits per heavy atom. The molecule has 0 aliphatic carbocycles. The summed E-state index contributed by atoms with van der Waals surface area (Å²) in [7, 11) is 3.18. The minimum atomic E-state index is -3.00. The van der Waals surface area contributed by atoms with Crippen molar-refractivity contribution in [3.63, 3.8) is 0 Å². The van der Waals surface area contributed by atoms with E-state index in [9.17, 15) is 14.4 Å². The Morgan fingerprint density at radius 1 is 1.04 bits per heavy atom. The number of fused-ring (bicyclic) bond motifs is 1. The molecule has 2 atom stereocenters. The number of piperazine rings is 1. The first-order chi connectivity index (χ1) is 24.9. The van der Waals surface area contributed by atoms with Gasteiger partial charge in [-0.3, -0.25) is 34.5 Å². The van der Waals surface area contributed by atoms with E-state index in [4.69, 9.17) is 16.3 Å². The van der Waals surface area contributed by atoms with Crippen molar-refractivity contribution in [3.05, 3.63) is 81.7 Å². The number of pyridine rings is 2. The van der Waals surface area contributed by atoms with Gasteiger partial charge in [-0.15, -0.1) is 0 Å². The fourth-order valence-corrected chi connectivity index (χ4v) is 7.88. The Bertz CT molecular complexity index is 2090. The van der Waals surface area contributed by atoms with E-state index < -0.39 is 36.3 Å². The van der Waals surface area contributed by atoms with Crippen LogP contribution in [0.4, 0.5) is 24.5 Å². The number of rotatable bonds is 8.